The van der Waals surface area contributed by atoms with E-state index in [9.17, 15) is 5.11 Å². The Labute approximate surface area is 106 Å². The minimum atomic E-state index is -0.327. The van der Waals surface area contributed by atoms with Crippen molar-refractivity contribution in [3.05, 3.63) is 35.4 Å². The Hall–Kier alpha value is -0.820. The van der Waals surface area contributed by atoms with Crippen molar-refractivity contribution < 1.29 is 5.11 Å². The van der Waals surface area contributed by atoms with Crippen LogP contribution in [0.4, 0.5) is 0 Å². The molecular weight excluding hydrogens is 208 g/mol. The molecule has 0 aliphatic heterocycles. The average Bonchev–Trinajstić information content (AvgIpc) is 2.14. The zero-order valence-corrected chi connectivity index (χ0v) is 11.8. The van der Waals surface area contributed by atoms with Crippen molar-refractivity contribution in [2.24, 2.45) is 11.3 Å². The number of rotatable bonds is 4. The van der Waals surface area contributed by atoms with Gasteiger partial charge in [0, 0.05) is 0 Å². The molecule has 1 aromatic rings. The molecule has 0 aromatic heterocycles. The van der Waals surface area contributed by atoms with E-state index < -0.39 is 0 Å². The lowest BCUT2D eigenvalue weighted by atomic mass is 9.82. The van der Waals surface area contributed by atoms with E-state index in [-0.39, 0.29) is 6.10 Å². The summed E-state index contributed by atoms with van der Waals surface area (Å²) in [5.41, 5.74) is 2.60. The molecule has 0 aliphatic rings. The second-order valence-corrected chi connectivity index (χ2v) is 6.54. The molecule has 1 nitrogen and oxygen atoms in total. The Morgan fingerprint density at radius 2 is 1.88 bits per heavy atom. The molecule has 17 heavy (non-hydrogen) atoms. The monoisotopic (exact) mass is 234 g/mol. The van der Waals surface area contributed by atoms with Crippen LogP contribution in [-0.4, -0.2) is 5.11 Å². The van der Waals surface area contributed by atoms with Gasteiger partial charge in [-0.2, -0.15) is 0 Å². The summed E-state index contributed by atoms with van der Waals surface area (Å²) in [6.07, 6.45) is 1.67. The molecule has 1 heteroatoms. The van der Waals surface area contributed by atoms with Gasteiger partial charge < -0.3 is 5.11 Å². The van der Waals surface area contributed by atoms with Crippen molar-refractivity contribution in [3.63, 3.8) is 0 Å². The summed E-state index contributed by atoms with van der Waals surface area (Å²) < 4.78 is 0. The first kappa shape index (κ1) is 14.2. The topological polar surface area (TPSA) is 20.2 Å². The van der Waals surface area contributed by atoms with E-state index in [2.05, 4.69) is 46.8 Å². The summed E-state index contributed by atoms with van der Waals surface area (Å²) in [5, 5.41) is 10.2. The fourth-order valence-electron chi connectivity index (χ4n) is 2.52. The summed E-state index contributed by atoms with van der Waals surface area (Å²) in [6.45, 7) is 11.0. The molecule has 0 bridgehead atoms. The molecule has 0 amide bonds. The van der Waals surface area contributed by atoms with Crippen LogP contribution in [0.5, 0.6) is 0 Å². The summed E-state index contributed by atoms with van der Waals surface area (Å²) >= 11 is 0. The fraction of sp³-hybridized carbons (Fsp3) is 0.625. The van der Waals surface area contributed by atoms with Crippen molar-refractivity contribution in [3.8, 4) is 0 Å². The summed E-state index contributed by atoms with van der Waals surface area (Å²) in [4.78, 5) is 0. The van der Waals surface area contributed by atoms with Crippen molar-refractivity contribution in [1.82, 2.24) is 0 Å². The van der Waals surface area contributed by atoms with Crippen molar-refractivity contribution in [2.45, 2.75) is 53.6 Å². The normalized spacial score (nSPS) is 15.6. The molecule has 1 rings (SSSR count). The molecule has 2 atom stereocenters. The molecule has 0 saturated heterocycles. The second kappa shape index (κ2) is 5.68. The van der Waals surface area contributed by atoms with Crippen molar-refractivity contribution >= 4 is 0 Å². The SMILES string of the molecule is Cc1cccc(C(O)CC(C)CC(C)(C)C)c1. The van der Waals surface area contributed by atoms with Crippen LogP contribution in [0.2, 0.25) is 0 Å². The highest BCUT2D eigenvalue weighted by Gasteiger charge is 2.18. The van der Waals surface area contributed by atoms with Crippen LogP contribution in [-0.2, 0) is 0 Å². The van der Waals surface area contributed by atoms with E-state index in [0.29, 0.717) is 11.3 Å². The van der Waals surface area contributed by atoms with Crippen LogP contribution in [0.25, 0.3) is 0 Å². The maximum absolute atomic E-state index is 10.2. The molecular formula is C16H26O. The van der Waals surface area contributed by atoms with Crippen LogP contribution >= 0.6 is 0 Å². The number of aliphatic hydroxyl groups is 1. The molecule has 1 N–H and O–H groups in total. The van der Waals surface area contributed by atoms with E-state index in [1.54, 1.807) is 0 Å². The van der Waals surface area contributed by atoms with E-state index in [4.69, 9.17) is 0 Å². The zero-order valence-electron chi connectivity index (χ0n) is 11.8. The standard InChI is InChI=1S/C16H26O/c1-12-7-6-8-14(9-12)15(17)10-13(2)11-16(3,4)5/h6-9,13,15,17H,10-11H2,1-5H3. The van der Waals surface area contributed by atoms with Crippen LogP contribution in [0.1, 0.15) is 57.8 Å². The van der Waals surface area contributed by atoms with Gasteiger partial charge in [-0.15, -0.1) is 0 Å². The summed E-state index contributed by atoms with van der Waals surface area (Å²) in [5.74, 6) is 0.547. The number of aryl methyl sites for hydroxylation is 1. The molecule has 0 spiro atoms. The van der Waals surface area contributed by atoms with Gasteiger partial charge in [-0.3, -0.25) is 0 Å². The number of benzene rings is 1. The van der Waals surface area contributed by atoms with Crippen LogP contribution in [0.3, 0.4) is 0 Å². The Balaban J connectivity index is 2.57. The van der Waals surface area contributed by atoms with E-state index >= 15 is 0 Å². The lowest BCUT2D eigenvalue weighted by Crippen LogP contribution is -2.13. The Bertz CT molecular complexity index is 349. The smallest absolute Gasteiger partial charge is 0.0792 e. The Morgan fingerprint density at radius 3 is 2.41 bits per heavy atom. The first-order valence-electron chi connectivity index (χ1n) is 6.52. The summed E-state index contributed by atoms with van der Waals surface area (Å²) in [7, 11) is 0. The first-order valence-corrected chi connectivity index (χ1v) is 6.52. The van der Waals surface area contributed by atoms with Gasteiger partial charge >= 0.3 is 0 Å². The molecule has 2 unspecified atom stereocenters. The van der Waals surface area contributed by atoms with Gasteiger partial charge in [0.05, 0.1) is 6.10 Å². The van der Waals surface area contributed by atoms with Gasteiger partial charge in [-0.1, -0.05) is 57.5 Å². The van der Waals surface area contributed by atoms with Crippen molar-refractivity contribution in [2.75, 3.05) is 0 Å². The quantitative estimate of drug-likeness (QED) is 0.813. The third kappa shape index (κ3) is 5.36. The fourth-order valence-corrected chi connectivity index (χ4v) is 2.52. The number of aliphatic hydroxyl groups excluding tert-OH is 1. The predicted octanol–water partition coefficient (Wildman–Crippen LogP) is 4.49. The molecule has 96 valence electrons. The van der Waals surface area contributed by atoms with Gasteiger partial charge in [0.15, 0.2) is 0 Å². The third-order valence-corrected chi connectivity index (χ3v) is 3.01. The lowest BCUT2D eigenvalue weighted by molar-refractivity contribution is 0.134. The minimum absolute atomic E-state index is 0.327. The highest BCUT2D eigenvalue weighted by molar-refractivity contribution is 5.23. The average molecular weight is 234 g/mol. The molecule has 0 aliphatic carbocycles. The van der Waals surface area contributed by atoms with Gasteiger partial charge in [0.25, 0.3) is 0 Å². The van der Waals surface area contributed by atoms with Crippen molar-refractivity contribution in [1.29, 1.82) is 0 Å². The number of hydrogen-bond donors (Lipinski definition) is 1. The summed E-state index contributed by atoms with van der Waals surface area (Å²) in [6, 6.07) is 8.17. The molecule has 0 fully saturated rings. The van der Waals surface area contributed by atoms with Crippen LogP contribution in [0.15, 0.2) is 24.3 Å². The first-order chi connectivity index (χ1) is 7.78. The van der Waals surface area contributed by atoms with Gasteiger partial charge in [-0.25, -0.2) is 0 Å². The van der Waals surface area contributed by atoms with Crippen LogP contribution < -0.4 is 0 Å². The largest absolute Gasteiger partial charge is 0.388 e. The molecule has 0 radical (unpaired) electrons. The predicted molar refractivity (Wildman–Crippen MR) is 74.0 cm³/mol. The van der Waals surface area contributed by atoms with E-state index in [1.165, 1.54) is 5.56 Å². The molecule has 1 aromatic carbocycles. The number of hydrogen-bond acceptors (Lipinski definition) is 1. The maximum atomic E-state index is 10.2. The van der Waals surface area contributed by atoms with Crippen LogP contribution in [0, 0.1) is 18.3 Å². The molecule has 0 heterocycles. The second-order valence-electron chi connectivity index (χ2n) is 6.54. The van der Waals surface area contributed by atoms with Gasteiger partial charge in [0.1, 0.15) is 0 Å². The Kier molecular flexibility index (Phi) is 4.76. The van der Waals surface area contributed by atoms with Gasteiger partial charge in [0.2, 0.25) is 0 Å². The van der Waals surface area contributed by atoms with E-state index in [0.717, 1.165) is 18.4 Å². The minimum Gasteiger partial charge on any atom is -0.388 e. The lowest BCUT2D eigenvalue weighted by Gasteiger charge is -2.25. The maximum Gasteiger partial charge on any atom is 0.0792 e. The highest BCUT2D eigenvalue weighted by Crippen LogP contribution is 2.30. The van der Waals surface area contributed by atoms with Gasteiger partial charge in [-0.05, 0) is 36.7 Å². The molecule has 0 saturated carbocycles. The Morgan fingerprint density at radius 1 is 1.24 bits per heavy atom. The van der Waals surface area contributed by atoms with E-state index in [1.807, 2.05) is 12.1 Å². The highest BCUT2D eigenvalue weighted by atomic mass is 16.3. The zero-order chi connectivity index (χ0) is 13.1. The third-order valence-electron chi connectivity index (χ3n) is 3.01.